The van der Waals surface area contributed by atoms with Crippen LogP contribution in [0.4, 0.5) is 0 Å². The number of benzene rings is 1. The lowest BCUT2D eigenvalue weighted by Crippen LogP contribution is -2.56. The minimum atomic E-state index is 0.508. The average Bonchev–Trinajstić information content (AvgIpc) is 2.56. The summed E-state index contributed by atoms with van der Waals surface area (Å²) in [5, 5.41) is 3.77. The summed E-state index contributed by atoms with van der Waals surface area (Å²) in [6.07, 6.45) is 6.90. The molecule has 0 radical (unpaired) electrons. The van der Waals surface area contributed by atoms with Gasteiger partial charge < -0.3 is 5.32 Å². The SMILES string of the molecule is CCC1CNC(c2ccccc2)CN1C1CCC(C)CC1. The first-order valence-electron chi connectivity index (χ1n) is 8.82. The van der Waals surface area contributed by atoms with Gasteiger partial charge in [0.1, 0.15) is 0 Å². The first-order chi connectivity index (χ1) is 10.3. The van der Waals surface area contributed by atoms with Crippen molar-refractivity contribution in [3.05, 3.63) is 35.9 Å². The summed E-state index contributed by atoms with van der Waals surface area (Å²) in [5.74, 6) is 0.939. The standard InChI is InChI=1S/C19H30N2/c1-3-17-13-20-19(16-7-5-4-6-8-16)14-21(17)18-11-9-15(2)10-12-18/h4-8,15,17-20H,3,9-14H2,1-2H3. The highest BCUT2D eigenvalue weighted by molar-refractivity contribution is 5.20. The molecule has 116 valence electrons. The molecule has 1 aromatic rings. The second-order valence-electron chi connectivity index (χ2n) is 7.04. The summed E-state index contributed by atoms with van der Waals surface area (Å²) in [6, 6.07) is 13.0. The van der Waals surface area contributed by atoms with E-state index in [4.69, 9.17) is 0 Å². The Balaban J connectivity index is 1.70. The molecule has 2 fully saturated rings. The van der Waals surface area contributed by atoms with Gasteiger partial charge >= 0.3 is 0 Å². The minimum Gasteiger partial charge on any atom is -0.307 e. The van der Waals surface area contributed by atoms with Crippen LogP contribution in [-0.2, 0) is 0 Å². The molecule has 1 aliphatic heterocycles. The van der Waals surface area contributed by atoms with Crippen LogP contribution in [0.15, 0.2) is 30.3 Å². The van der Waals surface area contributed by atoms with E-state index < -0.39 is 0 Å². The zero-order chi connectivity index (χ0) is 14.7. The molecule has 1 aromatic carbocycles. The molecular formula is C19H30N2. The van der Waals surface area contributed by atoms with Crippen molar-refractivity contribution in [1.82, 2.24) is 10.2 Å². The first kappa shape index (κ1) is 15.1. The number of nitrogens with zero attached hydrogens (tertiary/aromatic N) is 1. The predicted octanol–water partition coefficient (Wildman–Crippen LogP) is 3.99. The van der Waals surface area contributed by atoms with Crippen LogP contribution in [0, 0.1) is 5.92 Å². The molecule has 1 aliphatic carbocycles. The molecule has 1 saturated carbocycles. The fraction of sp³-hybridized carbons (Fsp3) is 0.684. The van der Waals surface area contributed by atoms with Crippen LogP contribution in [0.25, 0.3) is 0 Å². The van der Waals surface area contributed by atoms with Gasteiger partial charge in [-0.1, -0.05) is 44.2 Å². The van der Waals surface area contributed by atoms with E-state index in [2.05, 4.69) is 54.4 Å². The zero-order valence-electron chi connectivity index (χ0n) is 13.6. The second-order valence-corrected chi connectivity index (χ2v) is 7.04. The number of hydrogen-bond donors (Lipinski definition) is 1. The molecule has 2 aliphatic rings. The largest absolute Gasteiger partial charge is 0.307 e. The fourth-order valence-electron chi connectivity index (χ4n) is 4.13. The van der Waals surface area contributed by atoms with E-state index in [9.17, 15) is 0 Å². The number of rotatable bonds is 3. The lowest BCUT2D eigenvalue weighted by atomic mass is 9.85. The molecule has 1 N–H and O–H groups in total. The summed E-state index contributed by atoms with van der Waals surface area (Å²) >= 11 is 0. The van der Waals surface area contributed by atoms with Gasteiger partial charge in [-0.2, -0.15) is 0 Å². The third-order valence-corrected chi connectivity index (χ3v) is 5.59. The van der Waals surface area contributed by atoms with Crippen LogP contribution in [0.2, 0.25) is 0 Å². The van der Waals surface area contributed by atoms with E-state index in [1.807, 2.05) is 0 Å². The lowest BCUT2D eigenvalue weighted by molar-refractivity contribution is 0.0522. The quantitative estimate of drug-likeness (QED) is 0.904. The van der Waals surface area contributed by atoms with Crippen LogP contribution >= 0.6 is 0 Å². The molecule has 1 saturated heterocycles. The van der Waals surface area contributed by atoms with Crippen molar-refractivity contribution in [1.29, 1.82) is 0 Å². The van der Waals surface area contributed by atoms with Gasteiger partial charge in [-0.15, -0.1) is 0 Å². The maximum absolute atomic E-state index is 3.77. The number of nitrogens with one attached hydrogen (secondary N) is 1. The van der Waals surface area contributed by atoms with E-state index in [0.717, 1.165) is 24.5 Å². The van der Waals surface area contributed by atoms with Gasteiger partial charge in [-0.3, -0.25) is 4.90 Å². The van der Waals surface area contributed by atoms with Crippen LogP contribution < -0.4 is 5.32 Å². The average molecular weight is 286 g/mol. The molecule has 0 bridgehead atoms. The maximum Gasteiger partial charge on any atom is 0.0450 e. The summed E-state index contributed by atoms with van der Waals surface area (Å²) in [6.45, 7) is 7.08. The summed E-state index contributed by atoms with van der Waals surface area (Å²) in [7, 11) is 0. The lowest BCUT2D eigenvalue weighted by Gasteiger charge is -2.46. The summed E-state index contributed by atoms with van der Waals surface area (Å²) in [4.78, 5) is 2.83. The van der Waals surface area contributed by atoms with Crippen LogP contribution in [0.1, 0.15) is 57.6 Å². The smallest absolute Gasteiger partial charge is 0.0450 e. The van der Waals surface area contributed by atoms with E-state index in [0.29, 0.717) is 6.04 Å². The molecule has 2 nitrogen and oxygen atoms in total. The van der Waals surface area contributed by atoms with Gasteiger partial charge in [0.15, 0.2) is 0 Å². The number of hydrogen-bond acceptors (Lipinski definition) is 2. The normalized spacial score (nSPS) is 34.8. The highest BCUT2D eigenvalue weighted by Crippen LogP contribution is 2.31. The Labute approximate surface area is 129 Å². The molecule has 0 aromatic heterocycles. The van der Waals surface area contributed by atoms with E-state index in [1.165, 1.54) is 44.2 Å². The monoisotopic (exact) mass is 286 g/mol. The molecule has 2 unspecified atom stereocenters. The van der Waals surface area contributed by atoms with Crippen molar-refractivity contribution < 1.29 is 0 Å². The van der Waals surface area contributed by atoms with Crippen molar-refractivity contribution in [2.24, 2.45) is 5.92 Å². The Bertz CT molecular complexity index is 422. The van der Waals surface area contributed by atoms with Crippen LogP contribution in [0.3, 0.4) is 0 Å². The molecule has 0 spiro atoms. The third-order valence-electron chi connectivity index (χ3n) is 5.59. The van der Waals surface area contributed by atoms with Gasteiger partial charge in [0, 0.05) is 31.2 Å². The summed E-state index contributed by atoms with van der Waals surface area (Å²) < 4.78 is 0. The molecule has 3 rings (SSSR count). The van der Waals surface area contributed by atoms with Crippen LogP contribution in [-0.4, -0.2) is 30.1 Å². The van der Waals surface area contributed by atoms with Crippen molar-refractivity contribution in [2.45, 2.75) is 64.1 Å². The molecule has 0 amide bonds. The Morgan fingerprint density at radius 3 is 2.48 bits per heavy atom. The molecule has 2 heteroatoms. The molecular weight excluding hydrogens is 256 g/mol. The Morgan fingerprint density at radius 1 is 1.10 bits per heavy atom. The van der Waals surface area contributed by atoms with E-state index in [1.54, 1.807) is 0 Å². The Morgan fingerprint density at radius 2 is 1.81 bits per heavy atom. The topological polar surface area (TPSA) is 15.3 Å². The third kappa shape index (κ3) is 3.49. The van der Waals surface area contributed by atoms with E-state index >= 15 is 0 Å². The summed E-state index contributed by atoms with van der Waals surface area (Å²) in [5.41, 5.74) is 1.45. The van der Waals surface area contributed by atoms with Gasteiger partial charge in [-0.05, 0) is 43.6 Å². The Hall–Kier alpha value is -0.860. The highest BCUT2D eigenvalue weighted by Gasteiger charge is 2.33. The van der Waals surface area contributed by atoms with Gasteiger partial charge in [-0.25, -0.2) is 0 Å². The van der Waals surface area contributed by atoms with Crippen molar-refractivity contribution in [2.75, 3.05) is 13.1 Å². The molecule has 21 heavy (non-hydrogen) atoms. The maximum atomic E-state index is 3.77. The highest BCUT2D eigenvalue weighted by atomic mass is 15.3. The van der Waals surface area contributed by atoms with Gasteiger partial charge in [0.25, 0.3) is 0 Å². The zero-order valence-corrected chi connectivity index (χ0v) is 13.6. The van der Waals surface area contributed by atoms with Gasteiger partial charge in [0.05, 0.1) is 0 Å². The van der Waals surface area contributed by atoms with Crippen molar-refractivity contribution >= 4 is 0 Å². The predicted molar refractivity (Wildman–Crippen MR) is 89.4 cm³/mol. The van der Waals surface area contributed by atoms with E-state index in [-0.39, 0.29) is 0 Å². The molecule has 1 heterocycles. The number of piperazine rings is 1. The fourth-order valence-corrected chi connectivity index (χ4v) is 4.13. The van der Waals surface area contributed by atoms with Crippen LogP contribution in [0.5, 0.6) is 0 Å². The minimum absolute atomic E-state index is 0.508. The van der Waals surface area contributed by atoms with Crippen molar-refractivity contribution in [3.8, 4) is 0 Å². The first-order valence-corrected chi connectivity index (χ1v) is 8.82. The molecule has 2 atom stereocenters. The van der Waals surface area contributed by atoms with Gasteiger partial charge in [0.2, 0.25) is 0 Å². The van der Waals surface area contributed by atoms with Crippen molar-refractivity contribution in [3.63, 3.8) is 0 Å². The Kier molecular flexibility index (Phi) is 4.97. The second kappa shape index (κ2) is 6.93.